The molecule has 3 aromatic rings. The van der Waals surface area contributed by atoms with Gasteiger partial charge in [0.25, 0.3) is 0 Å². The number of hydrogen-bond acceptors (Lipinski definition) is 5. The summed E-state index contributed by atoms with van der Waals surface area (Å²) in [6.07, 6.45) is 1.58. The Balaban J connectivity index is 1.95. The molecule has 0 saturated heterocycles. The highest BCUT2D eigenvalue weighted by molar-refractivity contribution is 6.04. The molecule has 0 aliphatic heterocycles. The van der Waals surface area contributed by atoms with Gasteiger partial charge in [-0.2, -0.15) is 0 Å². The third kappa shape index (κ3) is 2.76. The number of ether oxygens (including phenoxy) is 2. The van der Waals surface area contributed by atoms with Crippen molar-refractivity contribution in [2.75, 3.05) is 7.11 Å². The summed E-state index contributed by atoms with van der Waals surface area (Å²) in [5.41, 5.74) is 0.506. The van der Waals surface area contributed by atoms with E-state index in [9.17, 15) is 14.3 Å². The highest BCUT2D eigenvalue weighted by Gasteiger charge is 2.21. The summed E-state index contributed by atoms with van der Waals surface area (Å²) in [5, 5.41) is 9.42. The SMILES string of the molecule is COc1ncccc1COc1cc(F)c2oc(C)c(C(=O)O)c2c1. The fourth-order valence-electron chi connectivity index (χ4n) is 2.48. The first-order valence-corrected chi connectivity index (χ1v) is 7.08. The molecule has 0 atom stereocenters. The molecule has 0 aliphatic rings. The lowest BCUT2D eigenvalue weighted by atomic mass is 10.1. The van der Waals surface area contributed by atoms with Gasteiger partial charge in [-0.1, -0.05) is 0 Å². The fraction of sp³-hybridized carbons (Fsp3) is 0.176. The molecule has 6 nitrogen and oxygen atoms in total. The summed E-state index contributed by atoms with van der Waals surface area (Å²) in [6.45, 7) is 1.57. The first-order chi connectivity index (χ1) is 11.5. The van der Waals surface area contributed by atoms with Crippen molar-refractivity contribution in [2.45, 2.75) is 13.5 Å². The van der Waals surface area contributed by atoms with Crippen LogP contribution in [0.5, 0.6) is 11.6 Å². The standard InChI is InChI=1S/C17H14FNO5/c1-9-14(17(20)21)12-6-11(7-13(18)15(12)24-9)23-8-10-4-3-5-19-16(10)22-2/h3-7H,8H2,1-2H3,(H,20,21). The van der Waals surface area contributed by atoms with Gasteiger partial charge >= 0.3 is 5.97 Å². The van der Waals surface area contributed by atoms with Crippen molar-refractivity contribution in [3.05, 3.63) is 53.2 Å². The van der Waals surface area contributed by atoms with E-state index in [2.05, 4.69) is 4.98 Å². The van der Waals surface area contributed by atoms with Crippen LogP contribution in [-0.4, -0.2) is 23.2 Å². The molecular formula is C17H14FNO5. The summed E-state index contributed by atoms with van der Waals surface area (Å²) in [7, 11) is 1.49. The lowest BCUT2D eigenvalue weighted by molar-refractivity contribution is 0.0697. The van der Waals surface area contributed by atoms with E-state index in [1.165, 1.54) is 20.1 Å². The van der Waals surface area contributed by atoms with Gasteiger partial charge in [-0.25, -0.2) is 14.2 Å². The number of carboxylic acids is 1. The van der Waals surface area contributed by atoms with Gasteiger partial charge in [0.15, 0.2) is 11.4 Å². The van der Waals surface area contributed by atoms with E-state index >= 15 is 0 Å². The van der Waals surface area contributed by atoms with Crippen LogP contribution >= 0.6 is 0 Å². The smallest absolute Gasteiger partial charge is 0.339 e. The Hall–Kier alpha value is -3.09. The second-order valence-electron chi connectivity index (χ2n) is 5.08. The van der Waals surface area contributed by atoms with Crippen molar-refractivity contribution in [1.29, 1.82) is 0 Å². The van der Waals surface area contributed by atoms with E-state index in [4.69, 9.17) is 13.9 Å². The molecule has 0 unspecified atom stereocenters. The maximum Gasteiger partial charge on any atom is 0.339 e. The summed E-state index contributed by atoms with van der Waals surface area (Å²) < 4.78 is 30.1. The van der Waals surface area contributed by atoms with Gasteiger partial charge < -0.3 is 19.0 Å². The Labute approximate surface area is 136 Å². The predicted octanol–water partition coefficient (Wildman–Crippen LogP) is 3.56. The van der Waals surface area contributed by atoms with Crippen LogP contribution in [-0.2, 0) is 6.61 Å². The zero-order valence-electron chi connectivity index (χ0n) is 13.0. The van der Waals surface area contributed by atoms with Crippen LogP contribution < -0.4 is 9.47 Å². The fourth-order valence-corrected chi connectivity index (χ4v) is 2.48. The van der Waals surface area contributed by atoms with Gasteiger partial charge in [-0.3, -0.25) is 0 Å². The minimum absolute atomic E-state index is 0.0756. The first-order valence-electron chi connectivity index (χ1n) is 7.08. The molecule has 0 aliphatic carbocycles. The molecule has 2 heterocycles. The van der Waals surface area contributed by atoms with Gasteiger partial charge in [0, 0.05) is 17.6 Å². The number of carbonyl (C=O) groups is 1. The van der Waals surface area contributed by atoms with E-state index in [-0.39, 0.29) is 34.6 Å². The topological polar surface area (TPSA) is 81.8 Å². The summed E-state index contributed by atoms with van der Waals surface area (Å²) in [4.78, 5) is 15.4. The van der Waals surface area contributed by atoms with Gasteiger partial charge in [-0.15, -0.1) is 0 Å². The lowest BCUT2D eigenvalue weighted by Gasteiger charge is -2.09. The number of carboxylic acid groups (broad SMARTS) is 1. The highest BCUT2D eigenvalue weighted by Crippen LogP contribution is 2.32. The number of hydrogen-bond donors (Lipinski definition) is 1. The van der Waals surface area contributed by atoms with Gasteiger partial charge in [-0.05, 0) is 25.1 Å². The zero-order chi connectivity index (χ0) is 17.3. The van der Waals surface area contributed by atoms with Crippen molar-refractivity contribution < 1.29 is 28.2 Å². The number of benzene rings is 1. The van der Waals surface area contributed by atoms with E-state index in [0.717, 1.165) is 6.07 Å². The van der Waals surface area contributed by atoms with Crippen molar-refractivity contribution in [3.8, 4) is 11.6 Å². The lowest BCUT2D eigenvalue weighted by Crippen LogP contribution is -2.01. The first kappa shape index (κ1) is 15.8. The van der Waals surface area contributed by atoms with E-state index < -0.39 is 11.8 Å². The molecule has 1 aromatic carbocycles. The summed E-state index contributed by atoms with van der Waals surface area (Å²) in [6, 6.07) is 6.10. The number of nitrogens with zero attached hydrogens (tertiary/aromatic N) is 1. The number of pyridine rings is 1. The summed E-state index contributed by atoms with van der Waals surface area (Å²) >= 11 is 0. The molecule has 0 spiro atoms. The number of aromatic carboxylic acids is 1. The molecular weight excluding hydrogens is 317 g/mol. The van der Waals surface area contributed by atoms with Crippen LogP contribution in [0.25, 0.3) is 11.0 Å². The number of fused-ring (bicyclic) bond motifs is 1. The molecule has 0 bridgehead atoms. The van der Waals surface area contributed by atoms with Crippen LogP contribution in [0.2, 0.25) is 0 Å². The molecule has 124 valence electrons. The average Bonchev–Trinajstić information content (AvgIpc) is 2.90. The zero-order valence-corrected chi connectivity index (χ0v) is 13.0. The van der Waals surface area contributed by atoms with E-state index in [1.807, 2.05) is 0 Å². The molecule has 0 amide bonds. The number of aromatic nitrogens is 1. The number of methoxy groups -OCH3 is 1. The Morgan fingerprint density at radius 2 is 2.21 bits per heavy atom. The normalized spacial score (nSPS) is 10.8. The van der Waals surface area contributed by atoms with Crippen molar-refractivity contribution >= 4 is 16.9 Å². The van der Waals surface area contributed by atoms with Crippen LogP contribution in [0.1, 0.15) is 21.7 Å². The summed E-state index contributed by atoms with van der Waals surface area (Å²) in [5.74, 6) is -1.13. The van der Waals surface area contributed by atoms with Crippen LogP contribution in [0, 0.1) is 12.7 Å². The highest BCUT2D eigenvalue weighted by atomic mass is 19.1. The molecule has 3 rings (SSSR count). The van der Waals surface area contributed by atoms with Crippen LogP contribution in [0.4, 0.5) is 4.39 Å². The van der Waals surface area contributed by atoms with Crippen LogP contribution in [0.3, 0.4) is 0 Å². The third-order valence-electron chi connectivity index (χ3n) is 3.55. The Bertz CT molecular complexity index is 919. The van der Waals surface area contributed by atoms with Gasteiger partial charge in [0.05, 0.1) is 12.7 Å². The Morgan fingerprint density at radius 1 is 1.42 bits per heavy atom. The van der Waals surface area contributed by atoms with Crippen molar-refractivity contribution in [1.82, 2.24) is 4.98 Å². The minimum Gasteiger partial charge on any atom is -0.489 e. The van der Waals surface area contributed by atoms with Crippen molar-refractivity contribution in [2.24, 2.45) is 0 Å². The molecule has 1 N–H and O–H groups in total. The van der Waals surface area contributed by atoms with Crippen LogP contribution in [0.15, 0.2) is 34.9 Å². The molecule has 24 heavy (non-hydrogen) atoms. The monoisotopic (exact) mass is 331 g/mol. The number of rotatable bonds is 5. The maximum atomic E-state index is 14.2. The van der Waals surface area contributed by atoms with E-state index in [0.29, 0.717) is 11.4 Å². The van der Waals surface area contributed by atoms with Crippen molar-refractivity contribution in [3.63, 3.8) is 0 Å². The average molecular weight is 331 g/mol. The molecule has 2 aromatic heterocycles. The minimum atomic E-state index is -1.18. The molecule has 0 saturated carbocycles. The Morgan fingerprint density at radius 3 is 2.92 bits per heavy atom. The van der Waals surface area contributed by atoms with Gasteiger partial charge in [0.1, 0.15) is 23.7 Å². The molecule has 0 radical (unpaired) electrons. The quantitative estimate of drug-likeness (QED) is 0.770. The predicted molar refractivity (Wildman–Crippen MR) is 83.0 cm³/mol. The molecule has 0 fully saturated rings. The van der Waals surface area contributed by atoms with E-state index in [1.54, 1.807) is 18.3 Å². The number of furan rings is 1. The maximum absolute atomic E-state index is 14.2. The molecule has 7 heteroatoms. The van der Waals surface area contributed by atoms with Gasteiger partial charge in [0.2, 0.25) is 5.88 Å². The largest absolute Gasteiger partial charge is 0.489 e. The number of aryl methyl sites for hydroxylation is 1. The second kappa shape index (κ2) is 6.19. The third-order valence-corrected chi connectivity index (χ3v) is 3.55. The number of halogens is 1. The Kier molecular flexibility index (Phi) is 4.07. The second-order valence-corrected chi connectivity index (χ2v) is 5.08.